The zero-order valence-corrected chi connectivity index (χ0v) is 9.37. The van der Waals surface area contributed by atoms with E-state index in [2.05, 4.69) is 37.7 Å². The van der Waals surface area contributed by atoms with Crippen molar-refractivity contribution in [3.05, 3.63) is 18.5 Å². The van der Waals surface area contributed by atoms with Gasteiger partial charge in [-0.2, -0.15) is 0 Å². The molecule has 1 rings (SSSR count). The highest BCUT2D eigenvalue weighted by Crippen LogP contribution is 2.05. The molecule has 0 saturated carbocycles. The Labute approximate surface area is 87.3 Å². The summed E-state index contributed by atoms with van der Waals surface area (Å²) in [4.78, 5) is 10.6. The number of rotatable bonds is 5. The molecule has 0 aliphatic carbocycles. The predicted octanol–water partition coefficient (Wildman–Crippen LogP) is 2.09. The molecule has 72 valence electrons. The van der Waals surface area contributed by atoms with Gasteiger partial charge in [-0.15, -0.1) is 0 Å². The Morgan fingerprint density at radius 3 is 2.62 bits per heavy atom. The average molecular weight is 244 g/mol. The molecule has 0 amide bonds. The van der Waals surface area contributed by atoms with Crippen LogP contribution in [0.25, 0.3) is 0 Å². The number of aromatic nitrogens is 2. The van der Waals surface area contributed by atoms with E-state index in [0.29, 0.717) is 0 Å². The van der Waals surface area contributed by atoms with E-state index in [4.69, 9.17) is 0 Å². The first kappa shape index (κ1) is 10.4. The SMILES string of the molecule is CCN(CCCBr)c1ncccn1. The molecule has 1 heterocycles. The van der Waals surface area contributed by atoms with E-state index in [0.717, 1.165) is 30.8 Å². The lowest BCUT2D eigenvalue weighted by atomic mass is 10.4. The van der Waals surface area contributed by atoms with Gasteiger partial charge in [-0.1, -0.05) is 15.9 Å². The normalized spacial score (nSPS) is 10.0. The molecule has 0 unspecified atom stereocenters. The minimum absolute atomic E-state index is 0.825. The molecular formula is C9H14BrN3. The fourth-order valence-electron chi connectivity index (χ4n) is 1.10. The highest BCUT2D eigenvalue weighted by atomic mass is 79.9. The first-order valence-corrected chi connectivity index (χ1v) is 5.58. The second kappa shape index (κ2) is 5.91. The molecule has 0 saturated heterocycles. The van der Waals surface area contributed by atoms with E-state index in [1.807, 2.05) is 6.07 Å². The summed E-state index contributed by atoms with van der Waals surface area (Å²) in [5, 5.41) is 1.02. The first-order chi connectivity index (χ1) is 6.38. The zero-order valence-electron chi connectivity index (χ0n) is 7.78. The van der Waals surface area contributed by atoms with Gasteiger partial charge in [-0.05, 0) is 19.4 Å². The molecule has 3 nitrogen and oxygen atoms in total. The first-order valence-electron chi connectivity index (χ1n) is 4.46. The third-order valence-corrected chi connectivity index (χ3v) is 2.34. The van der Waals surface area contributed by atoms with Crippen molar-refractivity contribution < 1.29 is 0 Å². The van der Waals surface area contributed by atoms with Crippen molar-refractivity contribution >= 4 is 21.9 Å². The number of halogens is 1. The molecule has 0 aliphatic heterocycles. The second-order valence-electron chi connectivity index (χ2n) is 2.67. The summed E-state index contributed by atoms with van der Waals surface area (Å²) >= 11 is 3.41. The molecule has 1 aromatic rings. The van der Waals surface area contributed by atoms with Crippen molar-refractivity contribution in [2.75, 3.05) is 23.3 Å². The molecule has 0 bridgehead atoms. The summed E-state index contributed by atoms with van der Waals surface area (Å²) in [5.74, 6) is 0.825. The van der Waals surface area contributed by atoms with Crippen LogP contribution in [0.1, 0.15) is 13.3 Å². The van der Waals surface area contributed by atoms with E-state index in [1.165, 1.54) is 0 Å². The molecule has 0 aromatic carbocycles. The Morgan fingerprint density at radius 1 is 1.38 bits per heavy atom. The average Bonchev–Trinajstić information content (AvgIpc) is 2.21. The predicted molar refractivity (Wildman–Crippen MR) is 58.3 cm³/mol. The maximum Gasteiger partial charge on any atom is 0.225 e. The quantitative estimate of drug-likeness (QED) is 0.742. The molecule has 0 spiro atoms. The van der Waals surface area contributed by atoms with Crippen molar-refractivity contribution in [1.82, 2.24) is 9.97 Å². The van der Waals surface area contributed by atoms with Gasteiger partial charge in [0.15, 0.2) is 0 Å². The van der Waals surface area contributed by atoms with Crippen LogP contribution >= 0.6 is 15.9 Å². The summed E-state index contributed by atoms with van der Waals surface area (Å²) in [7, 11) is 0. The van der Waals surface area contributed by atoms with E-state index in [1.54, 1.807) is 12.4 Å². The van der Waals surface area contributed by atoms with Gasteiger partial charge in [0, 0.05) is 30.8 Å². The van der Waals surface area contributed by atoms with Gasteiger partial charge in [-0.25, -0.2) is 9.97 Å². The van der Waals surface area contributed by atoms with Crippen LogP contribution in [0, 0.1) is 0 Å². The minimum Gasteiger partial charge on any atom is -0.341 e. The lowest BCUT2D eigenvalue weighted by Crippen LogP contribution is -2.26. The third-order valence-electron chi connectivity index (χ3n) is 1.78. The molecule has 0 N–H and O–H groups in total. The fraction of sp³-hybridized carbons (Fsp3) is 0.556. The molecule has 0 atom stereocenters. The smallest absolute Gasteiger partial charge is 0.225 e. The molecule has 13 heavy (non-hydrogen) atoms. The van der Waals surface area contributed by atoms with Gasteiger partial charge in [0.25, 0.3) is 0 Å². The van der Waals surface area contributed by atoms with Crippen LogP contribution in [-0.2, 0) is 0 Å². The van der Waals surface area contributed by atoms with E-state index < -0.39 is 0 Å². The number of hydrogen-bond donors (Lipinski definition) is 0. The van der Waals surface area contributed by atoms with Crippen LogP contribution in [0.5, 0.6) is 0 Å². The summed E-state index contributed by atoms with van der Waals surface area (Å²) in [5.41, 5.74) is 0. The second-order valence-corrected chi connectivity index (χ2v) is 3.46. The lowest BCUT2D eigenvalue weighted by Gasteiger charge is -2.19. The van der Waals surface area contributed by atoms with Crippen LogP contribution < -0.4 is 4.90 Å². The number of alkyl halides is 1. The zero-order chi connectivity index (χ0) is 9.52. The van der Waals surface area contributed by atoms with Crippen molar-refractivity contribution in [2.24, 2.45) is 0 Å². The van der Waals surface area contributed by atoms with E-state index >= 15 is 0 Å². The molecule has 0 fully saturated rings. The monoisotopic (exact) mass is 243 g/mol. The third kappa shape index (κ3) is 3.30. The molecule has 0 radical (unpaired) electrons. The van der Waals surface area contributed by atoms with Crippen LogP contribution in [0.15, 0.2) is 18.5 Å². The number of anilines is 1. The standard InChI is InChI=1S/C9H14BrN3/c1-2-13(8-3-5-10)9-11-6-4-7-12-9/h4,6-7H,2-3,5,8H2,1H3. The van der Waals surface area contributed by atoms with Gasteiger partial charge < -0.3 is 4.90 Å². The van der Waals surface area contributed by atoms with Crippen molar-refractivity contribution in [3.8, 4) is 0 Å². The van der Waals surface area contributed by atoms with Crippen molar-refractivity contribution in [3.63, 3.8) is 0 Å². The highest BCUT2D eigenvalue weighted by molar-refractivity contribution is 9.09. The number of nitrogens with zero attached hydrogens (tertiary/aromatic N) is 3. The maximum atomic E-state index is 4.20. The summed E-state index contributed by atoms with van der Waals surface area (Å²) in [6.45, 7) is 4.08. The minimum atomic E-state index is 0.825. The van der Waals surface area contributed by atoms with E-state index in [9.17, 15) is 0 Å². The van der Waals surface area contributed by atoms with Gasteiger partial charge in [-0.3, -0.25) is 0 Å². The summed E-state index contributed by atoms with van der Waals surface area (Å²) < 4.78 is 0. The Morgan fingerprint density at radius 2 is 2.08 bits per heavy atom. The van der Waals surface area contributed by atoms with Crippen LogP contribution in [-0.4, -0.2) is 28.4 Å². The molecule has 4 heteroatoms. The van der Waals surface area contributed by atoms with Gasteiger partial charge >= 0.3 is 0 Å². The van der Waals surface area contributed by atoms with Gasteiger partial charge in [0.1, 0.15) is 0 Å². The summed E-state index contributed by atoms with van der Waals surface area (Å²) in [6.07, 6.45) is 4.67. The van der Waals surface area contributed by atoms with Crippen LogP contribution in [0.3, 0.4) is 0 Å². The van der Waals surface area contributed by atoms with Gasteiger partial charge in [0.2, 0.25) is 5.95 Å². The lowest BCUT2D eigenvalue weighted by molar-refractivity contribution is 0.768. The molecular weight excluding hydrogens is 230 g/mol. The van der Waals surface area contributed by atoms with Crippen LogP contribution in [0.4, 0.5) is 5.95 Å². The highest BCUT2D eigenvalue weighted by Gasteiger charge is 2.04. The Bertz CT molecular complexity index is 228. The topological polar surface area (TPSA) is 29.0 Å². The van der Waals surface area contributed by atoms with E-state index in [-0.39, 0.29) is 0 Å². The largest absolute Gasteiger partial charge is 0.341 e. The van der Waals surface area contributed by atoms with Crippen molar-refractivity contribution in [1.29, 1.82) is 0 Å². The maximum absolute atomic E-state index is 4.20. The Balaban J connectivity index is 2.56. The molecule has 0 aliphatic rings. The van der Waals surface area contributed by atoms with Crippen molar-refractivity contribution in [2.45, 2.75) is 13.3 Å². The number of hydrogen-bond acceptors (Lipinski definition) is 3. The summed E-state index contributed by atoms with van der Waals surface area (Å²) in [6, 6.07) is 1.84. The van der Waals surface area contributed by atoms with Gasteiger partial charge in [0.05, 0.1) is 0 Å². The fourth-order valence-corrected chi connectivity index (χ4v) is 1.36. The Kier molecular flexibility index (Phi) is 4.75. The molecule has 1 aromatic heterocycles. The Hall–Kier alpha value is -0.640. The van der Waals surface area contributed by atoms with Crippen LogP contribution in [0.2, 0.25) is 0 Å².